The van der Waals surface area contributed by atoms with Crippen LogP contribution in [0.4, 0.5) is 5.69 Å². The van der Waals surface area contributed by atoms with E-state index in [0.717, 1.165) is 19.3 Å². The number of rotatable bonds is 6. The zero-order valence-electron chi connectivity index (χ0n) is 11.6. The molecule has 19 heavy (non-hydrogen) atoms. The van der Waals surface area contributed by atoms with Crippen LogP contribution in [0, 0.1) is 0 Å². The molecule has 5 heteroatoms. The van der Waals surface area contributed by atoms with Gasteiger partial charge in [-0.05, 0) is 44.7 Å². The zero-order chi connectivity index (χ0) is 13.9. The van der Waals surface area contributed by atoms with Crippen molar-refractivity contribution in [2.24, 2.45) is 0 Å². The summed E-state index contributed by atoms with van der Waals surface area (Å²) in [5, 5.41) is 3.39. The van der Waals surface area contributed by atoms with Crippen LogP contribution in [0.1, 0.15) is 39.5 Å². The molecule has 0 amide bonds. The molecule has 4 nitrogen and oxygen atoms in total. The smallest absolute Gasteiger partial charge is 0.242 e. The van der Waals surface area contributed by atoms with E-state index in [-0.39, 0.29) is 5.54 Å². The van der Waals surface area contributed by atoms with Crippen molar-refractivity contribution in [2.75, 3.05) is 11.9 Å². The molecule has 0 unspecified atom stereocenters. The first-order valence-electron chi connectivity index (χ1n) is 6.84. The van der Waals surface area contributed by atoms with Gasteiger partial charge in [-0.3, -0.25) is 0 Å². The molecule has 0 atom stereocenters. The van der Waals surface area contributed by atoms with Gasteiger partial charge in [0.2, 0.25) is 10.0 Å². The predicted octanol–water partition coefficient (Wildman–Crippen LogP) is 2.73. The van der Waals surface area contributed by atoms with Crippen LogP contribution >= 0.6 is 0 Å². The van der Waals surface area contributed by atoms with Crippen molar-refractivity contribution in [1.29, 1.82) is 0 Å². The Morgan fingerprint density at radius 2 is 1.95 bits per heavy atom. The lowest BCUT2D eigenvalue weighted by atomic mass is 9.78. The summed E-state index contributed by atoms with van der Waals surface area (Å²) in [6.07, 6.45) is 4.16. The van der Waals surface area contributed by atoms with E-state index in [0.29, 0.717) is 17.1 Å². The van der Waals surface area contributed by atoms with E-state index in [1.165, 1.54) is 6.42 Å². The maximum atomic E-state index is 12.3. The van der Waals surface area contributed by atoms with Gasteiger partial charge < -0.3 is 5.32 Å². The third-order valence-electron chi connectivity index (χ3n) is 3.61. The molecule has 1 aromatic carbocycles. The Morgan fingerprint density at radius 1 is 1.26 bits per heavy atom. The Bertz CT molecular complexity index is 536. The van der Waals surface area contributed by atoms with Crippen molar-refractivity contribution in [1.82, 2.24) is 4.72 Å². The van der Waals surface area contributed by atoms with E-state index in [9.17, 15) is 8.42 Å². The third kappa shape index (κ3) is 3.28. The van der Waals surface area contributed by atoms with E-state index in [1.54, 1.807) is 12.1 Å². The minimum atomic E-state index is -3.42. The lowest BCUT2D eigenvalue weighted by molar-refractivity contribution is 0.306. The van der Waals surface area contributed by atoms with Crippen molar-refractivity contribution in [3.63, 3.8) is 0 Å². The molecule has 0 spiro atoms. The number of anilines is 1. The maximum Gasteiger partial charge on any atom is 0.242 e. The van der Waals surface area contributed by atoms with Crippen molar-refractivity contribution in [3.05, 3.63) is 24.3 Å². The molecular formula is C14H22N2O2S. The highest BCUT2D eigenvalue weighted by Crippen LogP contribution is 2.36. The fourth-order valence-electron chi connectivity index (χ4n) is 2.28. The molecule has 1 aliphatic rings. The van der Waals surface area contributed by atoms with Crippen molar-refractivity contribution >= 4 is 15.7 Å². The molecule has 0 heterocycles. The first kappa shape index (κ1) is 14.3. The van der Waals surface area contributed by atoms with Crippen LogP contribution < -0.4 is 10.0 Å². The van der Waals surface area contributed by atoms with Crippen LogP contribution in [0.3, 0.4) is 0 Å². The number of nitrogens with one attached hydrogen (secondary N) is 2. The summed E-state index contributed by atoms with van der Waals surface area (Å²) in [6, 6.07) is 7.12. The molecule has 1 aliphatic carbocycles. The molecule has 0 aromatic heterocycles. The Balaban J connectivity index is 2.25. The molecular weight excluding hydrogens is 260 g/mol. The SMILES string of the molecule is CCCNS(=O)(=O)c1ccccc1NC1(C)CCC1. The molecule has 1 fully saturated rings. The van der Waals surface area contributed by atoms with Crippen LogP contribution in [0.25, 0.3) is 0 Å². The van der Waals surface area contributed by atoms with Gasteiger partial charge in [-0.15, -0.1) is 0 Å². The quantitative estimate of drug-likeness (QED) is 0.843. The van der Waals surface area contributed by atoms with E-state index in [1.807, 2.05) is 19.1 Å². The first-order valence-corrected chi connectivity index (χ1v) is 8.32. The molecule has 0 saturated heterocycles. The predicted molar refractivity (Wildman–Crippen MR) is 77.8 cm³/mol. The van der Waals surface area contributed by atoms with Crippen LogP contribution in [0.5, 0.6) is 0 Å². The second-order valence-corrected chi connectivity index (χ2v) is 7.17. The van der Waals surface area contributed by atoms with Crippen LogP contribution in [0.15, 0.2) is 29.2 Å². The average molecular weight is 282 g/mol. The number of sulfonamides is 1. The fraction of sp³-hybridized carbons (Fsp3) is 0.571. The second kappa shape index (κ2) is 5.51. The number of hydrogen-bond acceptors (Lipinski definition) is 3. The van der Waals surface area contributed by atoms with Gasteiger partial charge >= 0.3 is 0 Å². The summed E-state index contributed by atoms with van der Waals surface area (Å²) >= 11 is 0. The maximum absolute atomic E-state index is 12.3. The molecule has 0 radical (unpaired) electrons. The lowest BCUT2D eigenvalue weighted by Crippen LogP contribution is -2.42. The van der Waals surface area contributed by atoms with E-state index < -0.39 is 10.0 Å². The molecule has 1 saturated carbocycles. The summed E-state index contributed by atoms with van der Waals surface area (Å²) in [6.45, 7) is 4.55. The van der Waals surface area contributed by atoms with Gasteiger partial charge in [-0.25, -0.2) is 13.1 Å². The van der Waals surface area contributed by atoms with Crippen molar-refractivity contribution in [3.8, 4) is 0 Å². The topological polar surface area (TPSA) is 58.2 Å². The standard InChI is InChI=1S/C14H22N2O2S/c1-3-11-15-19(17,18)13-8-5-4-7-12(13)16-14(2)9-6-10-14/h4-5,7-8,15-16H,3,6,9-11H2,1-2H3. The average Bonchev–Trinajstić information content (AvgIpc) is 2.35. The van der Waals surface area contributed by atoms with Crippen LogP contribution in [-0.2, 0) is 10.0 Å². The summed E-state index contributed by atoms with van der Waals surface area (Å²) in [5.74, 6) is 0. The largest absolute Gasteiger partial charge is 0.379 e. The normalized spacial score (nSPS) is 17.8. The number of hydrogen-bond donors (Lipinski definition) is 2. The van der Waals surface area contributed by atoms with Crippen LogP contribution in [0.2, 0.25) is 0 Å². The highest BCUT2D eigenvalue weighted by Gasteiger charge is 2.32. The molecule has 106 valence electrons. The first-order chi connectivity index (χ1) is 8.97. The van der Waals surface area contributed by atoms with Crippen LogP contribution in [-0.4, -0.2) is 20.5 Å². The van der Waals surface area contributed by atoms with Gasteiger partial charge in [-0.1, -0.05) is 19.1 Å². The Hall–Kier alpha value is -1.07. The molecule has 0 aliphatic heterocycles. The molecule has 0 bridgehead atoms. The lowest BCUT2D eigenvalue weighted by Gasteiger charge is -2.40. The van der Waals surface area contributed by atoms with Crippen molar-refractivity contribution in [2.45, 2.75) is 50.0 Å². The molecule has 2 N–H and O–H groups in total. The number of benzene rings is 1. The zero-order valence-corrected chi connectivity index (χ0v) is 12.4. The highest BCUT2D eigenvalue weighted by molar-refractivity contribution is 7.89. The molecule has 2 rings (SSSR count). The fourth-order valence-corrected chi connectivity index (χ4v) is 3.57. The minimum Gasteiger partial charge on any atom is -0.379 e. The second-order valence-electron chi connectivity index (χ2n) is 5.43. The summed E-state index contributed by atoms with van der Waals surface area (Å²) in [5.41, 5.74) is 0.740. The minimum absolute atomic E-state index is 0.0381. The monoisotopic (exact) mass is 282 g/mol. The van der Waals surface area contributed by atoms with Gasteiger partial charge in [0.05, 0.1) is 5.69 Å². The van der Waals surface area contributed by atoms with Gasteiger partial charge in [-0.2, -0.15) is 0 Å². The third-order valence-corrected chi connectivity index (χ3v) is 5.13. The van der Waals surface area contributed by atoms with Gasteiger partial charge in [0.1, 0.15) is 4.90 Å². The van der Waals surface area contributed by atoms with E-state index in [2.05, 4.69) is 17.0 Å². The number of para-hydroxylation sites is 1. The van der Waals surface area contributed by atoms with E-state index in [4.69, 9.17) is 0 Å². The molecule has 1 aromatic rings. The Morgan fingerprint density at radius 3 is 2.53 bits per heavy atom. The van der Waals surface area contributed by atoms with Gasteiger partial charge in [0.15, 0.2) is 0 Å². The van der Waals surface area contributed by atoms with Crippen molar-refractivity contribution < 1.29 is 8.42 Å². The Kier molecular flexibility index (Phi) is 4.16. The summed E-state index contributed by atoms with van der Waals surface area (Å²) in [7, 11) is -3.42. The summed E-state index contributed by atoms with van der Waals surface area (Å²) < 4.78 is 27.1. The summed E-state index contributed by atoms with van der Waals surface area (Å²) in [4.78, 5) is 0.344. The van der Waals surface area contributed by atoms with E-state index >= 15 is 0 Å². The van der Waals surface area contributed by atoms with Gasteiger partial charge in [0.25, 0.3) is 0 Å². The highest BCUT2D eigenvalue weighted by atomic mass is 32.2. The Labute approximate surface area is 115 Å². The van der Waals surface area contributed by atoms with Gasteiger partial charge in [0, 0.05) is 12.1 Å².